The number of piperidine rings is 1. The van der Waals surface area contributed by atoms with Crippen LogP contribution in [0.5, 0.6) is 0 Å². The van der Waals surface area contributed by atoms with Gasteiger partial charge in [0.25, 0.3) is 0 Å². The van der Waals surface area contributed by atoms with Gasteiger partial charge in [-0.3, -0.25) is 4.90 Å². The maximum atomic E-state index is 11.2. The van der Waals surface area contributed by atoms with Gasteiger partial charge in [-0.25, -0.2) is 14.8 Å². The van der Waals surface area contributed by atoms with E-state index in [2.05, 4.69) is 62.6 Å². The molecule has 208 valence electrons. The van der Waals surface area contributed by atoms with Crippen molar-refractivity contribution in [1.29, 1.82) is 0 Å². The minimum atomic E-state index is -0.864. The largest absolute Gasteiger partial charge is 0.477 e. The molecule has 0 atom stereocenters. The number of carboxylic acids is 1. The van der Waals surface area contributed by atoms with Gasteiger partial charge in [-0.05, 0) is 78.1 Å². The van der Waals surface area contributed by atoms with Crippen molar-refractivity contribution in [3.05, 3.63) is 122 Å². The Morgan fingerprint density at radius 1 is 0.902 bits per heavy atom. The molecule has 5 aromatic rings. The zero-order chi connectivity index (χ0) is 28.3. The van der Waals surface area contributed by atoms with Crippen LogP contribution in [0.25, 0.3) is 10.9 Å². The molecule has 6 nitrogen and oxygen atoms in total. The van der Waals surface area contributed by atoms with Crippen LogP contribution in [-0.4, -0.2) is 45.1 Å². The van der Waals surface area contributed by atoms with Crippen LogP contribution in [0.4, 0.5) is 5.82 Å². The van der Waals surface area contributed by atoms with E-state index in [1.807, 2.05) is 30.3 Å². The summed E-state index contributed by atoms with van der Waals surface area (Å²) in [5.41, 5.74) is 4.29. The first-order valence-electron chi connectivity index (χ1n) is 13.5. The van der Waals surface area contributed by atoms with Crippen LogP contribution in [0.3, 0.4) is 0 Å². The van der Waals surface area contributed by atoms with E-state index in [0.29, 0.717) is 14.9 Å². The van der Waals surface area contributed by atoms with Gasteiger partial charge in [0.2, 0.25) is 0 Å². The molecule has 41 heavy (non-hydrogen) atoms. The van der Waals surface area contributed by atoms with Gasteiger partial charge < -0.3 is 10.4 Å². The van der Waals surface area contributed by atoms with Crippen molar-refractivity contribution in [3.63, 3.8) is 0 Å². The van der Waals surface area contributed by atoms with Crippen molar-refractivity contribution >= 4 is 57.2 Å². The van der Waals surface area contributed by atoms with Crippen molar-refractivity contribution in [2.45, 2.75) is 31.3 Å². The fourth-order valence-electron chi connectivity index (χ4n) is 5.48. The number of carbonyl (C=O) groups is 1. The van der Waals surface area contributed by atoms with E-state index in [1.54, 1.807) is 12.4 Å². The number of hydrogen-bond donors (Lipinski definition) is 2. The molecular formula is C32H28Cl2N4O2S. The molecule has 0 amide bonds. The minimum absolute atomic E-state index is 0.0101. The number of aromatic carboxylic acids is 1. The first kappa shape index (κ1) is 27.7. The zero-order valence-electron chi connectivity index (χ0n) is 22.1. The molecule has 0 radical (unpaired) electrons. The van der Waals surface area contributed by atoms with E-state index in [4.69, 9.17) is 23.2 Å². The summed E-state index contributed by atoms with van der Waals surface area (Å²) in [7, 11) is 0. The summed E-state index contributed by atoms with van der Waals surface area (Å²) in [6, 6.07) is 26.2. The predicted molar refractivity (Wildman–Crippen MR) is 167 cm³/mol. The van der Waals surface area contributed by atoms with E-state index < -0.39 is 5.97 Å². The molecule has 0 unspecified atom stereocenters. The maximum Gasteiger partial charge on any atom is 0.345 e. The van der Waals surface area contributed by atoms with Gasteiger partial charge in [0, 0.05) is 51.9 Å². The molecule has 1 aliphatic rings. The molecular weight excluding hydrogens is 575 g/mol. The number of hydrogen-bond acceptors (Lipinski definition) is 6. The molecule has 1 fully saturated rings. The number of carboxylic acid groups (broad SMARTS) is 1. The number of likely N-dealkylation sites (tertiary alicyclic amines) is 1. The topological polar surface area (TPSA) is 78.4 Å². The Morgan fingerprint density at radius 3 is 2.15 bits per heavy atom. The third-order valence-electron chi connectivity index (χ3n) is 7.58. The number of benzene rings is 3. The van der Waals surface area contributed by atoms with Gasteiger partial charge >= 0.3 is 5.97 Å². The zero-order valence-corrected chi connectivity index (χ0v) is 24.5. The Bertz CT molecular complexity index is 1620. The first-order chi connectivity index (χ1) is 19.9. The SMILES string of the molecule is O=C(O)c1ccc(CN2CCC(Nc3ncnc4ccc(C(c5ccc(Cl)cc5)c5ccc(Cl)cc5)cc34)CC2)s1. The van der Waals surface area contributed by atoms with Gasteiger partial charge in [-0.15, -0.1) is 11.3 Å². The molecule has 0 aliphatic carbocycles. The van der Waals surface area contributed by atoms with Crippen molar-refractivity contribution in [2.24, 2.45) is 0 Å². The van der Waals surface area contributed by atoms with Crippen LogP contribution in [0.15, 0.2) is 85.2 Å². The van der Waals surface area contributed by atoms with Crippen molar-refractivity contribution in [2.75, 3.05) is 18.4 Å². The maximum absolute atomic E-state index is 11.2. The Balaban J connectivity index is 1.23. The third kappa shape index (κ3) is 6.39. The second-order valence-corrected chi connectivity index (χ2v) is 12.3. The lowest BCUT2D eigenvalue weighted by atomic mass is 9.84. The summed E-state index contributed by atoms with van der Waals surface area (Å²) in [5.74, 6) is -0.0354. The fourth-order valence-corrected chi connectivity index (χ4v) is 6.62. The van der Waals surface area contributed by atoms with Crippen LogP contribution < -0.4 is 5.32 Å². The highest BCUT2D eigenvalue weighted by molar-refractivity contribution is 7.13. The number of halogens is 2. The molecule has 0 saturated carbocycles. The van der Waals surface area contributed by atoms with Crippen LogP contribution in [-0.2, 0) is 6.54 Å². The van der Waals surface area contributed by atoms with Crippen LogP contribution in [0.1, 0.15) is 50.0 Å². The van der Waals surface area contributed by atoms with E-state index in [-0.39, 0.29) is 12.0 Å². The number of fused-ring (bicyclic) bond motifs is 1. The Hall–Kier alpha value is -3.49. The summed E-state index contributed by atoms with van der Waals surface area (Å²) in [5, 5.41) is 15.3. The molecule has 2 N–H and O–H groups in total. The third-order valence-corrected chi connectivity index (χ3v) is 9.14. The van der Waals surface area contributed by atoms with E-state index in [1.165, 1.54) is 11.3 Å². The standard InChI is InChI=1S/C32H28Cl2N4O2S/c33-23-6-1-20(2-7-23)30(21-3-8-24(34)9-4-21)22-5-11-28-27(17-22)31(36-19-35-28)37-25-13-15-38(16-14-25)18-26-10-12-29(41-26)32(39)40/h1-12,17,19,25,30H,13-16,18H2,(H,39,40)(H,35,36,37). The number of nitrogens with zero attached hydrogens (tertiary/aromatic N) is 3. The number of aromatic nitrogens is 2. The quantitative estimate of drug-likeness (QED) is 0.175. The summed E-state index contributed by atoms with van der Waals surface area (Å²) in [6.45, 7) is 2.64. The Labute approximate surface area is 252 Å². The molecule has 2 aromatic heterocycles. The normalized spacial score (nSPS) is 14.5. The summed E-state index contributed by atoms with van der Waals surface area (Å²) >= 11 is 13.8. The number of thiophene rings is 1. The molecule has 9 heteroatoms. The van der Waals surface area contributed by atoms with Gasteiger partial charge in [-0.2, -0.15) is 0 Å². The first-order valence-corrected chi connectivity index (χ1v) is 15.1. The van der Waals surface area contributed by atoms with Crippen molar-refractivity contribution in [1.82, 2.24) is 14.9 Å². The van der Waals surface area contributed by atoms with Crippen molar-refractivity contribution < 1.29 is 9.90 Å². The highest BCUT2D eigenvalue weighted by Crippen LogP contribution is 2.36. The molecule has 6 rings (SSSR count). The van der Waals surface area contributed by atoms with E-state index in [0.717, 1.165) is 70.8 Å². The molecule has 1 saturated heterocycles. The molecule has 3 heterocycles. The summed E-state index contributed by atoms with van der Waals surface area (Å²) in [6.07, 6.45) is 3.56. The summed E-state index contributed by atoms with van der Waals surface area (Å²) in [4.78, 5) is 24.3. The van der Waals surface area contributed by atoms with Gasteiger partial charge in [0.05, 0.1) is 5.52 Å². The lowest BCUT2D eigenvalue weighted by Gasteiger charge is -2.32. The Morgan fingerprint density at radius 2 is 1.54 bits per heavy atom. The van der Waals surface area contributed by atoms with Crippen molar-refractivity contribution in [3.8, 4) is 0 Å². The highest BCUT2D eigenvalue weighted by atomic mass is 35.5. The number of rotatable bonds is 8. The lowest BCUT2D eigenvalue weighted by molar-refractivity contribution is 0.0702. The average molecular weight is 604 g/mol. The fraction of sp³-hybridized carbons (Fsp3) is 0.219. The monoisotopic (exact) mass is 602 g/mol. The van der Waals surface area contributed by atoms with E-state index in [9.17, 15) is 9.90 Å². The van der Waals surface area contributed by atoms with E-state index >= 15 is 0 Å². The molecule has 1 aliphatic heterocycles. The minimum Gasteiger partial charge on any atom is -0.477 e. The van der Waals surface area contributed by atoms with Gasteiger partial charge in [0.15, 0.2) is 0 Å². The lowest BCUT2D eigenvalue weighted by Crippen LogP contribution is -2.38. The highest BCUT2D eigenvalue weighted by Gasteiger charge is 2.22. The van der Waals surface area contributed by atoms with Crippen LogP contribution >= 0.6 is 34.5 Å². The smallest absolute Gasteiger partial charge is 0.345 e. The molecule has 0 bridgehead atoms. The van der Waals surface area contributed by atoms with Crippen LogP contribution in [0, 0.1) is 0 Å². The predicted octanol–water partition coefficient (Wildman–Crippen LogP) is 7.95. The number of anilines is 1. The number of nitrogens with one attached hydrogen (secondary N) is 1. The van der Waals surface area contributed by atoms with Gasteiger partial charge in [0.1, 0.15) is 17.0 Å². The second-order valence-electron chi connectivity index (χ2n) is 10.3. The molecule has 0 spiro atoms. The average Bonchev–Trinajstić information content (AvgIpc) is 3.45. The van der Waals surface area contributed by atoms with Gasteiger partial charge in [-0.1, -0.05) is 53.5 Å². The van der Waals surface area contributed by atoms with Crippen LogP contribution in [0.2, 0.25) is 10.0 Å². The molecule has 3 aromatic carbocycles. The Kier molecular flexibility index (Phi) is 8.21. The second kappa shape index (κ2) is 12.2. The summed E-state index contributed by atoms with van der Waals surface area (Å²) < 4.78 is 0.